The van der Waals surface area contributed by atoms with Crippen LogP contribution in [0.1, 0.15) is 59.3 Å². The molecule has 0 radical (unpaired) electrons. The summed E-state index contributed by atoms with van der Waals surface area (Å²) in [7, 11) is 2.29. The molecule has 1 fully saturated rings. The summed E-state index contributed by atoms with van der Waals surface area (Å²) >= 11 is 0. The van der Waals surface area contributed by atoms with Gasteiger partial charge in [0.2, 0.25) is 0 Å². The Hall–Kier alpha value is -0.0800. The average molecular weight is 240 g/mol. The van der Waals surface area contributed by atoms with Crippen molar-refractivity contribution >= 4 is 0 Å². The Balaban J connectivity index is 2.18. The molecule has 0 aromatic rings. The summed E-state index contributed by atoms with van der Waals surface area (Å²) in [5.74, 6) is 0.968. The molecule has 2 heteroatoms. The first-order chi connectivity index (χ1) is 8.17. The normalized spacial score (nSPS) is 19.4. The van der Waals surface area contributed by atoms with Crippen molar-refractivity contribution in [2.24, 2.45) is 5.92 Å². The third-order valence-electron chi connectivity index (χ3n) is 4.46. The Morgan fingerprint density at radius 3 is 2.29 bits per heavy atom. The Bertz CT molecular complexity index is 183. The minimum atomic E-state index is 0.663. The lowest BCUT2D eigenvalue weighted by molar-refractivity contribution is 0.209. The summed E-state index contributed by atoms with van der Waals surface area (Å²) < 4.78 is 0. The van der Waals surface area contributed by atoms with Crippen LogP contribution in [0.3, 0.4) is 0 Å². The van der Waals surface area contributed by atoms with E-state index in [4.69, 9.17) is 0 Å². The molecular formula is C15H32N2. The van der Waals surface area contributed by atoms with Crippen LogP contribution in [0.5, 0.6) is 0 Å². The van der Waals surface area contributed by atoms with E-state index in [2.05, 4.69) is 38.0 Å². The zero-order valence-corrected chi connectivity index (χ0v) is 12.3. The Morgan fingerprint density at radius 1 is 1.18 bits per heavy atom. The van der Waals surface area contributed by atoms with Crippen molar-refractivity contribution in [2.75, 3.05) is 20.1 Å². The van der Waals surface area contributed by atoms with Gasteiger partial charge in [-0.1, -0.05) is 26.7 Å². The van der Waals surface area contributed by atoms with Crippen molar-refractivity contribution in [3.8, 4) is 0 Å². The second-order valence-electron chi connectivity index (χ2n) is 5.86. The molecule has 0 spiro atoms. The molecule has 0 heterocycles. The maximum Gasteiger partial charge on any atom is 0.0189 e. The van der Waals surface area contributed by atoms with Gasteiger partial charge in [0, 0.05) is 25.2 Å². The maximum atomic E-state index is 3.68. The largest absolute Gasteiger partial charge is 0.312 e. The minimum absolute atomic E-state index is 0.663. The summed E-state index contributed by atoms with van der Waals surface area (Å²) in [6.07, 6.45) is 8.32. The summed E-state index contributed by atoms with van der Waals surface area (Å²) in [6.45, 7) is 9.33. The molecule has 1 aliphatic carbocycles. The van der Waals surface area contributed by atoms with E-state index in [1.807, 2.05) is 0 Å². The average Bonchev–Trinajstić information content (AvgIpc) is 2.82. The molecule has 1 rings (SSSR count). The molecule has 1 aliphatic rings. The molecule has 1 unspecified atom stereocenters. The van der Waals surface area contributed by atoms with E-state index in [9.17, 15) is 0 Å². The molecule has 1 saturated carbocycles. The van der Waals surface area contributed by atoms with Gasteiger partial charge in [0.15, 0.2) is 0 Å². The van der Waals surface area contributed by atoms with Gasteiger partial charge in [-0.15, -0.1) is 0 Å². The van der Waals surface area contributed by atoms with Crippen LogP contribution in [-0.2, 0) is 0 Å². The highest BCUT2D eigenvalue weighted by Crippen LogP contribution is 2.25. The van der Waals surface area contributed by atoms with Crippen LogP contribution in [0.15, 0.2) is 0 Å². The number of rotatable bonds is 8. The summed E-state index contributed by atoms with van der Waals surface area (Å²) in [5, 5.41) is 3.68. The fourth-order valence-electron chi connectivity index (χ4n) is 2.85. The predicted octanol–water partition coefficient (Wildman–Crippen LogP) is 3.28. The van der Waals surface area contributed by atoms with Crippen LogP contribution >= 0.6 is 0 Å². The molecule has 1 N–H and O–H groups in total. The van der Waals surface area contributed by atoms with Gasteiger partial charge < -0.3 is 10.2 Å². The van der Waals surface area contributed by atoms with Crippen molar-refractivity contribution in [2.45, 2.75) is 71.4 Å². The lowest BCUT2D eigenvalue weighted by atomic mass is 10.1. The summed E-state index contributed by atoms with van der Waals surface area (Å²) in [4.78, 5) is 2.55. The van der Waals surface area contributed by atoms with Gasteiger partial charge in [-0.25, -0.2) is 0 Å². The van der Waals surface area contributed by atoms with E-state index in [0.717, 1.165) is 12.5 Å². The van der Waals surface area contributed by atoms with Gasteiger partial charge >= 0.3 is 0 Å². The van der Waals surface area contributed by atoms with Crippen LogP contribution < -0.4 is 5.32 Å². The number of hydrogen-bond acceptors (Lipinski definition) is 2. The molecule has 0 aliphatic heterocycles. The van der Waals surface area contributed by atoms with Gasteiger partial charge in [0.05, 0.1) is 0 Å². The van der Waals surface area contributed by atoms with Gasteiger partial charge in [0.1, 0.15) is 0 Å². The Morgan fingerprint density at radius 2 is 1.76 bits per heavy atom. The van der Waals surface area contributed by atoms with E-state index in [-0.39, 0.29) is 0 Å². The van der Waals surface area contributed by atoms with Crippen LogP contribution in [-0.4, -0.2) is 37.1 Å². The molecule has 102 valence electrons. The van der Waals surface area contributed by atoms with Crippen molar-refractivity contribution < 1.29 is 0 Å². The van der Waals surface area contributed by atoms with Crippen LogP contribution in [0.4, 0.5) is 0 Å². The molecule has 0 bridgehead atoms. The van der Waals surface area contributed by atoms with Crippen molar-refractivity contribution in [1.82, 2.24) is 10.2 Å². The predicted molar refractivity (Wildman–Crippen MR) is 76.4 cm³/mol. The highest BCUT2D eigenvalue weighted by molar-refractivity contribution is 4.75. The fraction of sp³-hybridized carbons (Fsp3) is 1.00. The standard InChI is InChI=1S/C15H32N2/c1-5-15(6-2)16-11-13(3)17(4)12-14-9-7-8-10-14/h13-16H,5-12H2,1-4H3. The summed E-state index contributed by atoms with van der Waals surface area (Å²) in [6, 6.07) is 1.37. The van der Waals surface area contributed by atoms with Gasteiger partial charge in [-0.3, -0.25) is 0 Å². The van der Waals surface area contributed by atoms with Crippen molar-refractivity contribution in [3.63, 3.8) is 0 Å². The minimum Gasteiger partial charge on any atom is -0.312 e. The third-order valence-corrected chi connectivity index (χ3v) is 4.46. The molecule has 0 aromatic heterocycles. The molecular weight excluding hydrogens is 208 g/mol. The van der Waals surface area contributed by atoms with E-state index in [1.54, 1.807) is 0 Å². The first-order valence-corrected chi connectivity index (χ1v) is 7.60. The lowest BCUT2D eigenvalue weighted by Gasteiger charge is -2.29. The summed E-state index contributed by atoms with van der Waals surface area (Å²) in [5.41, 5.74) is 0. The first-order valence-electron chi connectivity index (χ1n) is 7.60. The van der Waals surface area contributed by atoms with Crippen LogP contribution in [0.2, 0.25) is 0 Å². The fourth-order valence-corrected chi connectivity index (χ4v) is 2.85. The van der Waals surface area contributed by atoms with Crippen LogP contribution in [0, 0.1) is 5.92 Å². The van der Waals surface area contributed by atoms with Gasteiger partial charge in [-0.2, -0.15) is 0 Å². The molecule has 0 saturated heterocycles. The molecule has 0 aromatic carbocycles. The second-order valence-corrected chi connectivity index (χ2v) is 5.86. The second kappa shape index (κ2) is 8.10. The van der Waals surface area contributed by atoms with E-state index < -0.39 is 0 Å². The molecule has 1 atom stereocenters. The number of nitrogens with zero attached hydrogens (tertiary/aromatic N) is 1. The maximum absolute atomic E-state index is 3.68. The monoisotopic (exact) mass is 240 g/mol. The van der Waals surface area contributed by atoms with E-state index in [0.29, 0.717) is 12.1 Å². The third kappa shape index (κ3) is 5.39. The highest BCUT2D eigenvalue weighted by Gasteiger charge is 2.19. The first kappa shape index (κ1) is 15.0. The Labute approximate surface area is 108 Å². The lowest BCUT2D eigenvalue weighted by Crippen LogP contribution is -2.42. The molecule has 2 nitrogen and oxygen atoms in total. The van der Waals surface area contributed by atoms with E-state index >= 15 is 0 Å². The zero-order valence-electron chi connectivity index (χ0n) is 12.3. The molecule has 0 amide bonds. The number of hydrogen-bond donors (Lipinski definition) is 1. The SMILES string of the molecule is CCC(CC)NCC(C)N(C)CC1CCCC1. The smallest absolute Gasteiger partial charge is 0.0189 e. The van der Waals surface area contributed by atoms with Gasteiger partial charge in [0.25, 0.3) is 0 Å². The number of likely N-dealkylation sites (N-methyl/N-ethyl adjacent to an activating group) is 1. The van der Waals surface area contributed by atoms with E-state index in [1.165, 1.54) is 45.1 Å². The van der Waals surface area contributed by atoms with Gasteiger partial charge in [-0.05, 0) is 45.6 Å². The van der Waals surface area contributed by atoms with Crippen molar-refractivity contribution in [3.05, 3.63) is 0 Å². The zero-order chi connectivity index (χ0) is 12.7. The number of nitrogens with one attached hydrogen (secondary N) is 1. The van der Waals surface area contributed by atoms with Crippen molar-refractivity contribution in [1.29, 1.82) is 0 Å². The Kier molecular flexibility index (Phi) is 7.14. The molecule has 17 heavy (non-hydrogen) atoms. The highest BCUT2D eigenvalue weighted by atomic mass is 15.1. The quantitative estimate of drug-likeness (QED) is 0.700. The topological polar surface area (TPSA) is 15.3 Å². The van der Waals surface area contributed by atoms with Crippen LogP contribution in [0.25, 0.3) is 0 Å².